The van der Waals surface area contributed by atoms with E-state index in [1.807, 2.05) is 0 Å². The van der Waals surface area contributed by atoms with Crippen LogP contribution in [0.4, 0.5) is 0 Å². The molecule has 0 aromatic carbocycles. The average Bonchev–Trinajstić information content (AvgIpc) is 2.36. The Bertz CT molecular complexity index is 260. The average molecular weight is 269 g/mol. The van der Waals surface area contributed by atoms with Crippen LogP contribution < -0.4 is 10.6 Å². The Balaban J connectivity index is 2.27. The summed E-state index contributed by atoms with van der Waals surface area (Å²) in [7, 11) is 4.10. The van der Waals surface area contributed by atoms with Gasteiger partial charge in [0.05, 0.1) is 0 Å². The van der Waals surface area contributed by atoms with E-state index >= 15 is 0 Å². The van der Waals surface area contributed by atoms with Gasteiger partial charge in [-0.15, -0.1) is 0 Å². The standard InChI is InChI=1S/C15H31N3O/c1-12(2)14(11-18(3)4)17-15(19)6-5-13-7-9-16-10-8-13/h12-14,16H,5-11H2,1-4H3,(H,17,19). The van der Waals surface area contributed by atoms with Gasteiger partial charge in [0.15, 0.2) is 0 Å². The number of piperidine rings is 1. The van der Waals surface area contributed by atoms with Crippen molar-refractivity contribution in [1.29, 1.82) is 0 Å². The predicted octanol–water partition coefficient (Wildman–Crippen LogP) is 1.47. The van der Waals surface area contributed by atoms with Crippen LogP contribution in [-0.2, 0) is 4.79 Å². The number of rotatable bonds is 7. The Kier molecular flexibility index (Phi) is 7.39. The predicted molar refractivity (Wildman–Crippen MR) is 80.2 cm³/mol. The molecule has 0 aromatic heterocycles. The second kappa shape index (κ2) is 8.54. The molecule has 4 heteroatoms. The second-order valence-electron chi connectivity index (χ2n) is 6.41. The molecule has 1 aliphatic heterocycles. The maximum absolute atomic E-state index is 12.0. The van der Waals surface area contributed by atoms with Gasteiger partial charge < -0.3 is 15.5 Å². The van der Waals surface area contributed by atoms with Crippen molar-refractivity contribution in [3.63, 3.8) is 0 Å². The molecule has 0 aliphatic carbocycles. The Hall–Kier alpha value is -0.610. The summed E-state index contributed by atoms with van der Waals surface area (Å²) in [5.41, 5.74) is 0. The molecule has 1 atom stereocenters. The molecule has 0 saturated carbocycles. The van der Waals surface area contributed by atoms with Crippen molar-refractivity contribution in [2.24, 2.45) is 11.8 Å². The minimum atomic E-state index is 0.221. The molecular weight excluding hydrogens is 238 g/mol. The van der Waals surface area contributed by atoms with E-state index in [1.54, 1.807) is 0 Å². The lowest BCUT2D eigenvalue weighted by Crippen LogP contribution is -2.45. The van der Waals surface area contributed by atoms with Gasteiger partial charge in [0.1, 0.15) is 0 Å². The molecule has 0 radical (unpaired) electrons. The number of nitrogens with zero attached hydrogens (tertiary/aromatic N) is 1. The molecule has 19 heavy (non-hydrogen) atoms. The number of nitrogens with one attached hydrogen (secondary N) is 2. The summed E-state index contributed by atoms with van der Waals surface area (Å²) in [5, 5.41) is 6.56. The molecule has 1 saturated heterocycles. The number of carbonyl (C=O) groups excluding carboxylic acids is 1. The van der Waals surface area contributed by atoms with Gasteiger partial charge in [-0.2, -0.15) is 0 Å². The highest BCUT2D eigenvalue weighted by atomic mass is 16.1. The summed E-state index contributed by atoms with van der Waals surface area (Å²) < 4.78 is 0. The van der Waals surface area contributed by atoms with Gasteiger partial charge in [-0.05, 0) is 58.3 Å². The smallest absolute Gasteiger partial charge is 0.220 e. The Morgan fingerprint density at radius 3 is 2.47 bits per heavy atom. The van der Waals surface area contributed by atoms with Crippen molar-refractivity contribution < 1.29 is 4.79 Å². The van der Waals surface area contributed by atoms with Gasteiger partial charge in [0.25, 0.3) is 0 Å². The van der Waals surface area contributed by atoms with E-state index < -0.39 is 0 Å². The first-order valence-corrected chi connectivity index (χ1v) is 7.64. The van der Waals surface area contributed by atoms with Crippen LogP contribution >= 0.6 is 0 Å². The fraction of sp³-hybridized carbons (Fsp3) is 0.933. The molecule has 112 valence electrons. The molecule has 1 amide bonds. The van der Waals surface area contributed by atoms with E-state index in [2.05, 4.69) is 43.5 Å². The number of carbonyl (C=O) groups is 1. The molecule has 0 aromatic rings. The third-order valence-corrected chi connectivity index (χ3v) is 3.95. The largest absolute Gasteiger partial charge is 0.352 e. The first-order valence-electron chi connectivity index (χ1n) is 7.64. The highest BCUT2D eigenvalue weighted by Gasteiger charge is 2.18. The van der Waals surface area contributed by atoms with Gasteiger partial charge in [-0.25, -0.2) is 0 Å². The van der Waals surface area contributed by atoms with Crippen molar-refractivity contribution in [3.8, 4) is 0 Å². The van der Waals surface area contributed by atoms with Crippen LogP contribution in [0, 0.1) is 11.8 Å². The molecule has 1 aliphatic rings. The van der Waals surface area contributed by atoms with Gasteiger partial charge in [0, 0.05) is 19.0 Å². The van der Waals surface area contributed by atoms with E-state index in [-0.39, 0.29) is 11.9 Å². The van der Waals surface area contributed by atoms with Crippen molar-refractivity contribution in [3.05, 3.63) is 0 Å². The van der Waals surface area contributed by atoms with Crippen LogP contribution in [0.5, 0.6) is 0 Å². The van der Waals surface area contributed by atoms with Crippen LogP contribution in [0.3, 0.4) is 0 Å². The SMILES string of the molecule is CC(C)C(CN(C)C)NC(=O)CCC1CCNCC1. The van der Waals surface area contributed by atoms with Crippen molar-refractivity contribution in [2.45, 2.75) is 45.6 Å². The number of hydrogen-bond donors (Lipinski definition) is 2. The van der Waals surface area contributed by atoms with Gasteiger partial charge in [-0.3, -0.25) is 4.79 Å². The van der Waals surface area contributed by atoms with E-state index in [0.29, 0.717) is 12.3 Å². The van der Waals surface area contributed by atoms with Crippen molar-refractivity contribution in [2.75, 3.05) is 33.7 Å². The third-order valence-electron chi connectivity index (χ3n) is 3.95. The fourth-order valence-electron chi connectivity index (χ4n) is 2.60. The number of hydrogen-bond acceptors (Lipinski definition) is 3. The van der Waals surface area contributed by atoms with E-state index in [1.165, 1.54) is 12.8 Å². The topological polar surface area (TPSA) is 44.4 Å². The molecule has 2 N–H and O–H groups in total. The maximum atomic E-state index is 12.0. The summed E-state index contributed by atoms with van der Waals surface area (Å²) in [6.07, 6.45) is 4.17. The van der Waals surface area contributed by atoms with Crippen LogP contribution in [0.1, 0.15) is 39.5 Å². The summed E-state index contributed by atoms with van der Waals surface area (Å²) in [6, 6.07) is 0.260. The second-order valence-corrected chi connectivity index (χ2v) is 6.41. The fourth-order valence-corrected chi connectivity index (χ4v) is 2.60. The summed E-state index contributed by atoms with van der Waals surface area (Å²) >= 11 is 0. The minimum Gasteiger partial charge on any atom is -0.352 e. The Morgan fingerprint density at radius 2 is 1.95 bits per heavy atom. The lowest BCUT2D eigenvalue weighted by molar-refractivity contribution is -0.122. The number of amides is 1. The number of likely N-dealkylation sites (N-methyl/N-ethyl adjacent to an activating group) is 1. The quantitative estimate of drug-likeness (QED) is 0.735. The molecule has 1 heterocycles. The van der Waals surface area contributed by atoms with Gasteiger partial charge >= 0.3 is 0 Å². The lowest BCUT2D eigenvalue weighted by atomic mass is 9.93. The molecule has 0 bridgehead atoms. The van der Waals surface area contributed by atoms with Crippen molar-refractivity contribution >= 4 is 5.91 Å². The van der Waals surface area contributed by atoms with Crippen LogP contribution in [0.25, 0.3) is 0 Å². The molecule has 4 nitrogen and oxygen atoms in total. The molecular formula is C15H31N3O. The zero-order valence-electron chi connectivity index (χ0n) is 13.0. The highest BCUT2D eigenvalue weighted by Crippen LogP contribution is 2.17. The summed E-state index contributed by atoms with van der Waals surface area (Å²) in [4.78, 5) is 14.2. The van der Waals surface area contributed by atoms with Crippen LogP contribution in [-0.4, -0.2) is 50.6 Å². The van der Waals surface area contributed by atoms with Crippen LogP contribution in [0.2, 0.25) is 0 Å². The molecule has 1 rings (SSSR count). The van der Waals surface area contributed by atoms with Gasteiger partial charge in [0.2, 0.25) is 5.91 Å². The van der Waals surface area contributed by atoms with E-state index in [0.717, 1.165) is 32.0 Å². The zero-order valence-corrected chi connectivity index (χ0v) is 13.0. The molecule has 1 unspecified atom stereocenters. The van der Waals surface area contributed by atoms with Crippen LogP contribution in [0.15, 0.2) is 0 Å². The van der Waals surface area contributed by atoms with E-state index in [4.69, 9.17) is 0 Å². The lowest BCUT2D eigenvalue weighted by Gasteiger charge is -2.26. The minimum absolute atomic E-state index is 0.221. The summed E-state index contributed by atoms with van der Waals surface area (Å²) in [5.74, 6) is 1.43. The Labute approximate surface area is 118 Å². The first kappa shape index (κ1) is 16.4. The Morgan fingerprint density at radius 1 is 1.32 bits per heavy atom. The summed E-state index contributed by atoms with van der Waals surface area (Å²) in [6.45, 7) is 7.47. The van der Waals surface area contributed by atoms with Crippen molar-refractivity contribution in [1.82, 2.24) is 15.5 Å². The molecule has 1 fully saturated rings. The maximum Gasteiger partial charge on any atom is 0.220 e. The zero-order chi connectivity index (χ0) is 14.3. The first-order chi connectivity index (χ1) is 8.99. The third kappa shape index (κ3) is 6.92. The monoisotopic (exact) mass is 269 g/mol. The van der Waals surface area contributed by atoms with E-state index in [9.17, 15) is 4.79 Å². The molecule has 0 spiro atoms. The van der Waals surface area contributed by atoms with Gasteiger partial charge in [-0.1, -0.05) is 13.8 Å². The highest BCUT2D eigenvalue weighted by molar-refractivity contribution is 5.76. The normalized spacial score (nSPS) is 18.8.